The van der Waals surface area contributed by atoms with Gasteiger partial charge in [-0.15, -0.1) is 0 Å². The lowest BCUT2D eigenvalue weighted by Crippen LogP contribution is -2.45. The topological polar surface area (TPSA) is 174 Å². The van der Waals surface area contributed by atoms with Crippen molar-refractivity contribution in [2.45, 2.75) is 20.0 Å². The van der Waals surface area contributed by atoms with Gasteiger partial charge in [0.2, 0.25) is 0 Å². The second kappa shape index (κ2) is 15.1. The molecule has 0 aromatic rings. The second-order valence-corrected chi connectivity index (χ2v) is 6.99. The van der Waals surface area contributed by atoms with E-state index < -0.39 is 49.5 Å². The number of aliphatic carboxylic acids is 3. The number of methoxy groups -OCH3 is 1. The maximum Gasteiger partial charge on any atom is 0.320 e. The van der Waals surface area contributed by atoms with Crippen molar-refractivity contribution in [1.82, 2.24) is 14.7 Å². The van der Waals surface area contributed by atoms with E-state index >= 15 is 0 Å². The van der Waals surface area contributed by atoms with E-state index in [1.807, 2.05) is 0 Å². The third kappa shape index (κ3) is 15.7. The number of rotatable bonds is 17. The molecule has 0 amide bonds. The van der Waals surface area contributed by atoms with Gasteiger partial charge in [-0.2, -0.15) is 0 Å². The molecule has 13 nitrogen and oxygen atoms in total. The summed E-state index contributed by atoms with van der Waals surface area (Å²) in [4.78, 5) is 60.6. The van der Waals surface area contributed by atoms with Crippen molar-refractivity contribution >= 4 is 29.8 Å². The Kier molecular flexibility index (Phi) is 13.7. The molecule has 0 heterocycles. The summed E-state index contributed by atoms with van der Waals surface area (Å²) in [5.74, 6) is -4.70. The van der Waals surface area contributed by atoms with Crippen LogP contribution in [0.2, 0.25) is 0 Å². The third-order valence-corrected chi connectivity index (χ3v) is 3.84. The van der Waals surface area contributed by atoms with Crippen molar-refractivity contribution in [1.29, 1.82) is 0 Å². The van der Waals surface area contributed by atoms with E-state index in [9.17, 15) is 24.0 Å². The van der Waals surface area contributed by atoms with Crippen molar-refractivity contribution in [3.8, 4) is 0 Å². The number of carboxylic acid groups (broad SMARTS) is 3. The summed E-state index contributed by atoms with van der Waals surface area (Å²) in [5, 5.41) is 27.2. The first kappa shape index (κ1) is 28.2. The average Bonchev–Trinajstić information content (AvgIpc) is 2.61. The molecular formula is C18H31N3O10. The average molecular weight is 449 g/mol. The van der Waals surface area contributed by atoms with E-state index in [4.69, 9.17) is 20.1 Å². The molecule has 0 aromatic carbocycles. The molecule has 0 aliphatic rings. The Morgan fingerprint density at radius 2 is 1.00 bits per heavy atom. The highest BCUT2D eigenvalue weighted by molar-refractivity contribution is 5.74. The maximum absolute atomic E-state index is 11.8. The minimum Gasteiger partial charge on any atom is -0.480 e. The van der Waals surface area contributed by atoms with E-state index in [-0.39, 0.29) is 45.4 Å². The van der Waals surface area contributed by atoms with Gasteiger partial charge in [0.25, 0.3) is 0 Å². The third-order valence-electron chi connectivity index (χ3n) is 3.84. The van der Waals surface area contributed by atoms with Gasteiger partial charge in [-0.1, -0.05) is 0 Å². The molecule has 0 aliphatic heterocycles. The summed E-state index contributed by atoms with van der Waals surface area (Å²) < 4.78 is 9.54. The minimum absolute atomic E-state index is 0.0582. The summed E-state index contributed by atoms with van der Waals surface area (Å²) in [7, 11) is 1.17. The van der Waals surface area contributed by atoms with E-state index in [0.717, 1.165) is 0 Å². The first-order valence-corrected chi connectivity index (χ1v) is 9.51. The standard InChI is InChI=1S/C18H31N3O10/c1-13(2)31-18(29)12-21(10-16(26)27)7-5-19(8-14(22)23)4-6-20(9-15(24)25)11-17(28)30-3/h13H,4-12H2,1-3H3,(H,22,23)(H,24,25)(H,26,27). The van der Waals surface area contributed by atoms with Crippen LogP contribution >= 0.6 is 0 Å². The molecule has 0 saturated heterocycles. The lowest BCUT2D eigenvalue weighted by Gasteiger charge is -2.27. The Labute approximate surface area is 180 Å². The maximum atomic E-state index is 11.8. The Bertz CT molecular complexity index is 626. The van der Waals surface area contributed by atoms with Crippen molar-refractivity contribution in [2.75, 3.05) is 66.0 Å². The Morgan fingerprint density at radius 1 is 0.645 bits per heavy atom. The molecule has 178 valence electrons. The molecule has 0 atom stereocenters. The molecule has 31 heavy (non-hydrogen) atoms. The second-order valence-electron chi connectivity index (χ2n) is 6.99. The van der Waals surface area contributed by atoms with Gasteiger partial charge in [0.1, 0.15) is 0 Å². The Morgan fingerprint density at radius 3 is 1.35 bits per heavy atom. The van der Waals surface area contributed by atoms with Gasteiger partial charge in [-0.25, -0.2) is 0 Å². The number of hydrogen-bond donors (Lipinski definition) is 3. The van der Waals surface area contributed by atoms with Crippen molar-refractivity contribution in [2.24, 2.45) is 0 Å². The number of carbonyl (C=O) groups excluding carboxylic acids is 2. The van der Waals surface area contributed by atoms with Crippen LogP contribution in [0.3, 0.4) is 0 Å². The predicted octanol–water partition coefficient (Wildman–Crippen LogP) is -1.73. The molecular weight excluding hydrogens is 418 g/mol. The zero-order valence-corrected chi connectivity index (χ0v) is 18.0. The number of carboxylic acids is 3. The smallest absolute Gasteiger partial charge is 0.320 e. The number of hydrogen-bond acceptors (Lipinski definition) is 10. The summed E-state index contributed by atoms with van der Waals surface area (Å²) in [6.07, 6.45) is -0.363. The first-order valence-electron chi connectivity index (χ1n) is 9.51. The van der Waals surface area contributed by atoms with Gasteiger partial charge >= 0.3 is 29.8 Å². The molecule has 13 heteroatoms. The molecule has 0 rings (SSSR count). The number of carbonyl (C=O) groups is 5. The molecule has 0 fully saturated rings. The van der Waals surface area contributed by atoms with Crippen LogP contribution in [0.4, 0.5) is 0 Å². The fourth-order valence-electron chi connectivity index (χ4n) is 2.57. The van der Waals surface area contributed by atoms with Gasteiger partial charge in [0, 0.05) is 26.2 Å². The van der Waals surface area contributed by atoms with Gasteiger partial charge in [0.15, 0.2) is 0 Å². The van der Waals surface area contributed by atoms with E-state index in [0.29, 0.717) is 0 Å². The molecule has 0 spiro atoms. The fourth-order valence-corrected chi connectivity index (χ4v) is 2.57. The van der Waals surface area contributed by atoms with Crippen LogP contribution in [-0.2, 0) is 33.4 Å². The molecule has 0 radical (unpaired) electrons. The van der Waals surface area contributed by atoms with E-state index in [1.54, 1.807) is 13.8 Å². The number of esters is 2. The SMILES string of the molecule is COC(=O)CN(CCN(CCN(CC(=O)O)CC(=O)OC(C)C)CC(=O)O)CC(=O)O. The summed E-state index contributed by atoms with van der Waals surface area (Å²) in [6.45, 7) is 1.78. The zero-order valence-electron chi connectivity index (χ0n) is 18.0. The van der Waals surface area contributed by atoms with E-state index in [2.05, 4.69) is 4.74 Å². The molecule has 0 aliphatic carbocycles. The van der Waals surface area contributed by atoms with Crippen molar-refractivity contribution in [3.63, 3.8) is 0 Å². The van der Waals surface area contributed by atoms with Crippen LogP contribution in [-0.4, -0.2) is 132 Å². The molecule has 0 bridgehead atoms. The first-order chi connectivity index (χ1) is 14.4. The Hall–Kier alpha value is -2.77. The van der Waals surface area contributed by atoms with Gasteiger partial charge < -0.3 is 24.8 Å². The van der Waals surface area contributed by atoms with Crippen LogP contribution in [0, 0.1) is 0 Å². The number of nitrogens with zero attached hydrogens (tertiary/aromatic N) is 3. The number of ether oxygens (including phenoxy) is 2. The highest BCUT2D eigenvalue weighted by atomic mass is 16.5. The molecule has 0 unspecified atom stereocenters. The van der Waals surface area contributed by atoms with Crippen LogP contribution in [0.5, 0.6) is 0 Å². The highest BCUT2D eigenvalue weighted by Crippen LogP contribution is 1.99. The highest BCUT2D eigenvalue weighted by Gasteiger charge is 2.20. The molecule has 3 N–H and O–H groups in total. The van der Waals surface area contributed by atoms with Crippen molar-refractivity contribution in [3.05, 3.63) is 0 Å². The van der Waals surface area contributed by atoms with Crippen LogP contribution in [0.15, 0.2) is 0 Å². The zero-order chi connectivity index (χ0) is 24.0. The van der Waals surface area contributed by atoms with Crippen LogP contribution < -0.4 is 0 Å². The quantitative estimate of drug-likeness (QED) is 0.214. The van der Waals surface area contributed by atoms with Gasteiger partial charge in [-0.05, 0) is 13.8 Å². The van der Waals surface area contributed by atoms with Gasteiger partial charge in [-0.3, -0.25) is 38.7 Å². The lowest BCUT2D eigenvalue weighted by molar-refractivity contribution is -0.150. The van der Waals surface area contributed by atoms with E-state index in [1.165, 1.54) is 21.8 Å². The molecule has 0 aromatic heterocycles. The van der Waals surface area contributed by atoms with Gasteiger partial charge in [0.05, 0.1) is 45.9 Å². The van der Waals surface area contributed by atoms with Crippen LogP contribution in [0.25, 0.3) is 0 Å². The summed E-state index contributed by atoms with van der Waals surface area (Å²) in [5.41, 5.74) is 0. The summed E-state index contributed by atoms with van der Waals surface area (Å²) in [6, 6.07) is 0. The predicted molar refractivity (Wildman–Crippen MR) is 105 cm³/mol. The normalized spacial score (nSPS) is 11.2. The fraction of sp³-hybridized carbons (Fsp3) is 0.722. The van der Waals surface area contributed by atoms with Crippen LogP contribution in [0.1, 0.15) is 13.8 Å². The summed E-state index contributed by atoms with van der Waals surface area (Å²) >= 11 is 0. The Balaban J connectivity index is 5.02. The monoisotopic (exact) mass is 449 g/mol. The lowest BCUT2D eigenvalue weighted by atomic mass is 10.3. The molecule has 0 saturated carbocycles. The largest absolute Gasteiger partial charge is 0.480 e. The minimum atomic E-state index is -1.16. The van der Waals surface area contributed by atoms with Crippen molar-refractivity contribution < 1.29 is 48.8 Å².